The van der Waals surface area contributed by atoms with Gasteiger partial charge >= 0.3 is 0 Å². The van der Waals surface area contributed by atoms with Gasteiger partial charge in [0.1, 0.15) is 5.75 Å². The van der Waals surface area contributed by atoms with Crippen LogP contribution in [0.5, 0.6) is 5.75 Å². The van der Waals surface area contributed by atoms with Crippen LogP contribution in [-0.4, -0.2) is 71.6 Å². The van der Waals surface area contributed by atoms with Gasteiger partial charge in [-0.1, -0.05) is 30.9 Å². The molecule has 1 saturated carbocycles. The highest BCUT2D eigenvalue weighted by Gasteiger charge is 2.46. The molecular weight excluding hydrogens is 579 g/mol. The molecule has 2 aliphatic heterocycles. The maximum Gasteiger partial charge on any atom is 0.175 e. The Balaban J connectivity index is 1.09. The van der Waals surface area contributed by atoms with Gasteiger partial charge in [0.25, 0.3) is 0 Å². The molecule has 2 N–H and O–H groups in total. The predicted octanol–water partition coefficient (Wildman–Crippen LogP) is 6.17. The van der Waals surface area contributed by atoms with Gasteiger partial charge in [-0.25, -0.2) is 8.42 Å². The van der Waals surface area contributed by atoms with Crippen LogP contribution in [0.15, 0.2) is 41.3 Å². The van der Waals surface area contributed by atoms with Crippen molar-refractivity contribution in [3.63, 3.8) is 0 Å². The first-order chi connectivity index (χ1) is 20.8. The van der Waals surface area contributed by atoms with E-state index in [2.05, 4.69) is 52.5 Å². The Hall–Kier alpha value is -2.77. The first-order valence-electron chi connectivity index (χ1n) is 15.5. The second kappa shape index (κ2) is 12.7. The van der Waals surface area contributed by atoms with Crippen LogP contribution < -0.4 is 15.4 Å². The van der Waals surface area contributed by atoms with Gasteiger partial charge in [-0.3, -0.25) is 4.90 Å². The second-order valence-electron chi connectivity index (χ2n) is 12.4. The van der Waals surface area contributed by atoms with Crippen molar-refractivity contribution in [2.24, 2.45) is 5.41 Å². The highest BCUT2D eigenvalue weighted by molar-refractivity contribution is 7.90. The van der Waals surface area contributed by atoms with Crippen LogP contribution in [0.25, 0.3) is 10.1 Å². The first kappa shape index (κ1) is 30.3. The summed E-state index contributed by atoms with van der Waals surface area (Å²) in [6.45, 7) is 7.06. The summed E-state index contributed by atoms with van der Waals surface area (Å²) < 4.78 is 36.1. The monoisotopic (exact) mass is 621 g/mol. The molecule has 3 heterocycles. The van der Waals surface area contributed by atoms with Gasteiger partial charge in [-0.2, -0.15) is 0 Å². The van der Waals surface area contributed by atoms with Crippen LogP contribution in [0.3, 0.4) is 0 Å². The van der Waals surface area contributed by atoms with Crippen LogP contribution in [0.2, 0.25) is 0 Å². The Kier molecular flexibility index (Phi) is 8.93. The summed E-state index contributed by atoms with van der Waals surface area (Å²) in [6.07, 6.45) is 9.58. The molecule has 3 aromatic rings. The number of anilines is 2. The number of sulfone groups is 1. The lowest BCUT2D eigenvalue weighted by Crippen LogP contribution is -2.62. The van der Waals surface area contributed by atoms with Crippen molar-refractivity contribution in [3.05, 3.63) is 46.8 Å². The highest BCUT2D eigenvalue weighted by Crippen LogP contribution is 2.43. The van der Waals surface area contributed by atoms with E-state index in [1.807, 2.05) is 0 Å². The molecular formula is C34H43N3O4S2. The molecule has 0 amide bonds. The number of nitrogens with one attached hydrogen (secondary N) is 2. The molecule has 3 fully saturated rings. The van der Waals surface area contributed by atoms with Crippen LogP contribution in [0, 0.1) is 17.3 Å². The van der Waals surface area contributed by atoms with Crippen LogP contribution in [-0.2, 0) is 21.0 Å². The third-order valence-electron chi connectivity index (χ3n) is 9.55. The Morgan fingerprint density at radius 1 is 1.09 bits per heavy atom. The Morgan fingerprint density at radius 2 is 1.86 bits per heavy atom. The molecule has 0 atom stereocenters. The lowest BCUT2D eigenvalue weighted by Gasteiger charge is -2.56. The Bertz CT molecular complexity index is 1620. The van der Waals surface area contributed by atoms with E-state index in [0.29, 0.717) is 23.8 Å². The average molecular weight is 622 g/mol. The van der Waals surface area contributed by atoms with Crippen LogP contribution in [0.1, 0.15) is 55.9 Å². The standard InChI is InChI=1S/C34H43N3O4S2/c1-4-27-28-7-5-8-30(36-24-10-12-25(13-11-24)37-22-34(23-37)16-19-41-20-17-34)33(28)42-32(27)9-6-18-35-29-15-14-26(43(3,38)39)21-31(29)40-2/h5,7-8,14-15,21,24-25,35-36H,4,10-13,16-20,22-23H2,1-3H3. The molecule has 1 spiro atoms. The molecule has 3 aliphatic rings. The number of rotatable bonds is 8. The highest BCUT2D eigenvalue weighted by atomic mass is 32.2. The number of hydrogen-bond acceptors (Lipinski definition) is 8. The SMILES string of the molecule is CCc1c(C#CCNc2ccc(S(C)(=O)=O)cc2OC)sc2c(NC3CCC(N4CC5(CCOCC5)C4)CC3)cccc12. The summed E-state index contributed by atoms with van der Waals surface area (Å²) in [5, 5.41) is 8.49. The molecule has 0 unspecified atom stereocenters. The number of ether oxygens (including phenoxy) is 2. The summed E-state index contributed by atoms with van der Waals surface area (Å²) in [6, 6.07) is 12.7. The fourth-order valence-electron chi connectivity index (χ4n) is 7.05. The Labute approximate surface area is 260 Å². The van der Waals surface area contributed by atoms with E-state index < -0.39 is 9.84 Å². The van der Waals surface area contributed by atoms with E-state index in [0.717, 1.165) is 36.2 Å². The topological polar surface area (TPSA) is 79.9 Å². The first-order valence-corrected chi connectivity index (χ1v) is 18.2. The average Bonchev–Trinajstić information content (AvgIpc) is 3.36. The smallest absolute Gasteiger partial charge is 0.175 e. The zero-order valence-electron chi connectivity index (χ0n) is 25.5. The van der Waals surface area contributed by atoms with E-state index in [1.54, 1.807) is 29.5 Å². The number of fused-ring (bicyclic) bond motifs is 1. The fourth-order valence-corrected chi connectivity index (χ4v) is 8.93. The van der Waals surface area contributed by atoms with E-state index >= 15 is 0 Å². The number of hydrogen-bond donors (Lipinski definition) is 2. The Morgan fingerprint density at radius 3 is 2.56 bits per heavy atom. The predicted molar refractivity (Wildman–Crippen MR) is 176 cm³/mol. The maximum absolute atomic E-state index is 11.9. The minimum Gasteiger partial charge on any atom is -0.495 e. The van der Waals surface area contributed by atoms with E-state index in [4.69, 9.17) is 9.47 Å². The number of benzene rings is 2. The number of likely N-dealkylation sites (tertiary alicyclic amines) is 1. The summed E-state index contributed by atoms with van der Waals surface area (Å²) in [7, 11) is -1.77. The summed E-state index contributed by atoms with van der Waals surface area (Å²) in [4.78, 5) is 4.09. The molecule has 0 radical (unpaired) electrons. The normalized spacial score (nSPS) is 22.0. The fraction of sp³-hybridized carbons (Fsp3) is 0.529. The largest absolute Gasteiger partial charge is 0.495 e. The summed E-state index contributed by atoms with van der Waals surface area (Å²) in [5.74, 6) is 7.17. The van der Waals surface area contributed by atoms with Crippen molar-refractivity contribution in [3.8, 4) is 17.6 Å². The number of nitrogens with zero attached hydrogens (tertiary/aromatic N) is 1. The van der Waals surface area contributed by atoms with Crippen molar-refractivity contribution in [2.75, 3.05) is 56.8 Å². The van der Waals surface area contributed by atoms with Crippen molar-refractivity contribution in [2.45, 2.75) is 68.8 Å². The molecule has 230 valence electrons. The zero-order chi connectivity index (χ0) is 30.0. The lowest BCUT2D eigenvalue weighted by atomic mass is 9.71. The van der Waals surface area contributed by atoms with Gasteiger partial charge in [0.05, 0.1) is 39.5 Å². The minimum absolute atomic E-state index is 0.232. The van der Waals surface area contributed by atoms with Crippen molar-refractivity contribution < 1.29 is 17.9 Å². The van der Waals surface area contributed by atoms with Gasteiger partial charge in [0.15, 0.2) is 9.84 Å². The molecule has 6 rings (SSSR count). The lowest BCUT2D eigenvalue weighted by molar-refractivity contribution is -0.102. The van der Waals surface area contributed by atoms with Crippen molar-refractivity contribution in [1.82, 2.24) is 4.90 Å². The molecule has 9 heteroatoms. The van der Waals surface area contributed by atoms with Crippen molar-refractivity contribution in [1.29, 1.82) is 0 Å². The molecule has 2 aromatic carbocycles. The summed E-state index contributed by atoms with van der Waals surface area (Å²) in [5.41, 5.74) is 3.80. The van der Waals surface area contributed by atoms with E-state index in [9.17, 15) is 8.42 Å². The number of thiophene rings is 1. The van der Waals surface area contributed by atoms with Crippen LogP contribution in [0.4, 0.5) is 11.4 Å². The maximum atomic E-state index is 11.9. The third-order valence-corrected chi connectivity index (χ3v) is 11.9. The van der Waals surface area contributed by atoms with Gasteiger partial charge in [-0.05, 0) is 74.1 Å². The van der Waals surface area contributed by atoms with Gasteiger partial charge in [0, 0.05) is 56.1 Å². The van der Waals surface area contributed by atoms with E-state index in [1.165, 1.54) is 86.3 Å². The molecule has 2 saturated heterocycles. The summed E-state index contributed by atoms with van der Waals surface area (Å²) >= 11 is 1.78. The zero-order valence-corrected chi connectivity index (χ0v) is 27.1. The van der Waals surface area contributed by atoms with Gasteiger partial charge < -0.3 is 20.1 Å². The molecule has 43 heavy (non-hydrogen) atoms. The second-order valence-corrected chi connectivity index (χ2v) is 15.4. The van der Waals surface area contributed by atoms with Crippen LogP contribution >= 0.6 is 11.3 Å². The molecule has 1 aliphatic carbocycles. The molecule has 7 nitrogen and oxygen atoms in total. The number of methoxy groups -OCH3 is 1. The molecule has 1 aromatic heterocycles. The number of aryl methyl sites for hydroxylation is 1. The minimum atomic E-state index is -3.30. The quantitative estimate of drug-likeness (QED) is 0.291. The van der Waals surface area contributed by atoms with Crippen molar-refractivity contribution >= 4 is 42.6 Å². The third kappa shape index (κ3) is 6.53. The van der Waals surface area contributed by atoms with Gasteiger partial charge in [-0.15, -0.1) is 11.3 Å². The van der Waals surface area contributed by atoms with Gasteiger partial charge in [0.2, 0.25) is 0 Å². The molecule has 0 bridgehead atoms. The van der Waals surface area contributed by atoms with E-state index in [-0.39, 0.29) is 4.90 Å².